The highest BCUT2D eigenvalue weighted by atomic mass is 16.3. The van der Waals surface area contributed by atoms with Gasteiger partial charge in [0.2, 0.25) is 0 Å². The van der Waals surface area contributed by atoms with E-state index in [1.165, 1.54) is 11.6 Å². The molecule has 0 spiro atoms. The van der Waals surface area contributed by atoms with E-state index in [1.807, 2.05) is 18.2 Å². The Morgan fingerprint density at radius 3 is 2.81 bits per heavy atom. The second-order valence-electron chi connectivity index (χ2n) is 3.97. The molecule has 2 aromatic rings. The van der Waals surface area contributed by atoms with Crippen LogP contribution >= 0.6 is 0 Å². The van der Waals surface area contributed by atoms with E-state index >= 15 is 0 Å². The second kappa shape index (κ2) is 3.23. The highest BCUT2D eigenvalue weighted by Gasteiger charge is 2.17. The lowest BCUT2D eigenvalue weighted by molar-refractivity contribution is 0.456. The molecule has 1 N–H and O–H groups in total. The summed E-state index contributed by atoms with van der Waals surface area (Å²) in [6.07, 6.45) is 0.840. The van der Waals surface area contributed by atoms with Crippen molar-refractivity contribution in [2.24, 2.45) is 0 Å². The number of aromatic hydroxyl groups is 1. The lowest BCUT2D eigenvalue weighted by Gasteiger charge is -2.21. The van der Waals surface area contributed by atoms with Crippen LogP contribution in [0.25, 0.3) is 11.3 Å². The number of benzene rings is 1. The quantitative estimate of drug-likeness (QED) is 0.724. The van der Waals surface area contributed by atoms with Gasteiger partial charge in [-0.1, -0.05) is 24.3 Å². The summed E-state index contributed by atoms with van der Waals surface area (Å²) in [4.78, 5) is 11.7. The third kappa shape index (κ3) is 1.18. The standard InChI is InChI=1S/C13H11NO2/c15-12-6-5-11-10-4-2-1-3-9(10)7-8-14(11)13(12)16/h1-6,15H,7-8H2. The fraction of sp³-hybridized carbons (Fsp3) is 0.154. The number of rotatable bonds is 0. The van der Waals surface area contributed by atoms with Crippen molar-refractivity contribution in [2.45, 2.75) is 13.0 Å². The summed E-state index contributed by atoms with van der Waals surface area (Å²) in [5, 5.41) is 9.39. The monoisotopic (exact) mass is 213 g/mol. The Bertz CT molecular complexity index is 614. The van der Waals surface area contributed by atoms with E-state index in [0.29, 0.717) is 6.54 Å². The maximum absolute atomic E-state index is 11.7. The van der Waals surface area contributed by atoms with Crippen LogP contribution in [0.15, 0.2) is 41.2 Å². The molecule has 3 heteroatoms. The number of hydrogen-bond donors (Lipinski definition) is 1. The predicted molar refractivity (Wildman–Crippen MR) is 61.5 cm³/mol. The van der Waals surface area contributed by atoms with Gasteiger partial charge in [0.1, 0.15) is 0 Å². The molecule has 1 aromatic carbocycles. The van der Waals surface area contributed by atoms with Crippen molar-refractivity contribution in [3.8, 4) is 17.0 Å². The zero-order valence-electron chi connectivity index (χ0n) is 8.68. The lowest BCUT2D eigenvalue weighted by Crippen LogP contribution is -2.25. The summed E-state index contributed by atoms with van der Waals surface area (Å²) in [7, 11) is 0. The van der Waals surface area contributed by atoms with E-state index in [4.69, 9.17) is 0 Å². The minimum absolute atomic E-state index is 0.178. The highest BCUT2D eigenvalue weighted by molar-refractivity contribution is 5.66. The van der Waals surface area contributed by atoms with E-state index in [0.717, 1.165) is 17.7 Å². The van der Waals surface area contributed by atoms with Gasteiger partial charge in [-0.3, -0.25) is 4.79 Å². The predicted octanol–water partition coefficient (Wildman–Crippen LogP) is 1.78. The van der Waals surface area contributed by atoms with Crippen molar-refractivity contribution < 1.29 is 5.11 Å². The number of aryl methyl sites for hydroxylation is 1. The van der Waals surface area contributed by atoms with Crippen LogP contribution in [0.2, 0.25) is 0 Å². The lowest BCUT2D eigenvalue weighted by atomic mass is 9.97. The van der Waals surface area contributed by atoms with Gasteiger partial charge in [0.05, 0.1) is 5.69 Å². The minimum atomic E-state index is -0.299. The Kier molecular flexibility index (Phi) is 1.86. The number of pyridine rings is 1. The highest BCUT2D eigenvalue weighted by Crippen LogP contribution is 2.28. The Morgan fingerprint density at radius 2 is 1.94 bits per heavy atom. The molecule has 2 heterocycles. The van der Waals surface area contributed by atoms with Crippen molar-refractivity contribution >= 4 is 0 Å². The second-order valence-corrected chi connectivity index (χ2v) is 3.97. The molecule has 0 unspecified atom stereocenters. The van der Waals surface area contributed by atoms with Gasteiger partial charge in [-0.25, -0.2) is 0 Å². The molecule has 1 aliphatic rings. The van der Waals surface area contributed by atoms with Gasteiger partial charge in [-0.05, 0) is 24.1 Å². The first-order valence-corrected chi connectivity index (χ1v) is 5.28. The van der Waals surface area contributed by atoms with Crippen molar-refractivity contribution in [2.75, 3.05) is 0 Å². The molecule has 0 saturated heterocycles. The van der Waals surface area contributed by atoms with Crippen LogP contribution in [0, 0.1) is 0 Å². The van der Waals surface area contributed by atoms with Crippen LogP contribution in [0.3, 0.4) is 0 Å². The van der Waals surface area contributed by atoms with Crippen molar-refractivity contribution in [1.82, 2.24) is 4.57 Å². The average molecular weight is 213 g/mol. The van der Waals surface area contributed by atoms with Crippen LogP contribution in [0.5, 0.6) is 5.75 Å². The Labute approximate surface area is 92.6 Å². The van der Waals surface area contributed by atoms with Crippen LogP contribution in [0.1, 0.15) is 5.56 Å². The third-order valence-electron chi connectivity index (χ3n) is 3.05. The van der Waals surface area contributed by atoms with Crippen molar-refractivity contribution in [3.63, 3.8) is 0 Å². The summed E-state index contributed by atoms with van der Waals surface area (Å²) in [5.41, 5.74) is 2.94. The Morgan fingerprint density at radius 1 is 1.12 bits per heavy atom. The van der Waals surface area contributed by atoms with Gasteiger partial charge < -0.3 is 9.67 Å². The molecule has 0 aliphatic carbocycles. The van der Waals surface area contributed by atoms with Crippen LogP contribution < -0.4 is 5.56 Å². The van der Waals surface area contributed by atoms with Gasteiger partial charge in [0.15, 0.2) is 5.75 Å². The molecule has 0 bridgehead atoms. The van der Waals surface area contributed by atoms with Crippen LogP contribution in [-0.4, -0.2) is 9.67 Å². The van der Waals surface area contributed by atoms with E-state index in [9.17, 15) is 9.90 Å². The molecular formula is C13H11NO2. The number of fused-ring (bicyclic) bond motifs is 3. The first-order chi connectivity index (χ1) is 7.77. The molecule has 0 amide bonds. The molecule has 3 rings (SSSR count). The first-order valence-electron chi connectivity index (χ1n) is 5.28. The topological polar surface area (TPSA) is 42.2 Å². The summed E-state index contributed by atoms with van der Waals surface area (Å²) < 4.78 is 1.64. The molecular weight excluding hydrogens is 202 g/mol. The fourth-order valence-electron chi connectivity index (χ4n) is 2.24. The molecule has 1 aromatic heterocycles. The molecule has 0 fully saturated rings. The fourth-order valence-corrected chi connectivity index (χ4v) is 2.24. The average Bonchev–Trinajstić information content (AvgIpc) is 2.33. The summed E-state index contributed by atoms with van der Waals surface area (Å²) in [6, 6.07) is 11.3. The van der Waals surface area contributed by atoms with E-state index in [2.05, 4.69) is 6.07 Å². The molecule has 3 nitrogen and oxygen atoms in total. The maximum Gasteiger partial charge on any atom is 0.293 e. The first kappa shape index (κ1) is 9.21. The van der Waals surface area contributed by atoms with Gasteiger partial charge in [0.25, 0.3) is 5.56 Å². The van der Waals surface area contributed by atoms with Crippen LogP contribution in [0.4, 0.5) is 0 Å². The molecule has 80 valence electrons. The van der Waals surface area contributed by atoms with Gasteiger partial charge in [0, 0.05) is 12.1 Å². The van der Waals surface area contributed by atoms with E-state index < -0.39 is 0 Å². The van der Waals surface area contributed by atoms with E-state index in [1.54, 1.807) is 10.6 Å². The van der Waals surface area contributed by atoms with E-state index in [-0.39, 0.29) is 11.3 Å². The number of hydrogen-bond acceptors (Lipinski definition) is 2. The zero-order valence-corrected chi connectivity index (χ0v) is 8.68. The zero-order chi connectivity index (χ0) is 11.1. The molecule has 0 atom stereocenters. The van der Waals surface area contributed by atoms with Gasteiger partial charge >= 0.3 is 0 Å². The van der Waals surface area contributed by atoms with Crippen molar-refractivity contribution in [1.29, 1.82) is 0 Å². The Balaban J connectivity index is 2.34. The Hall–Kier alpha value is -2.03. The summed E-state index contributed by atoms with van der Waals surface area (Å²) >= 11 is 0. The summed E-state index contributed by atoms with van der Waals surface area (Å²) in [5.74, 6) is -0.178. The van der Waals surface area contributed by atoms with Crippen LogP contribution in [-0.2, 0) is 13.0 Å². The van der Waals surface area contributed by atoms with Gasteiger partial charge in [-0.2, -0.15) is 0 Å². The number of nitrogens with zero attached hydrogens (tertiary/aromatic N) is 1. The van der Waals surface area contributed by atoms with Crippen molar-refractivity contribution in [3.05, 3.63) is 52.3 Å². The largest absolute Gasteiger partial charge is 0.503 e. The maximum atomic E-state index is 11.7. The molecule has 16 heavy (non-hydrogen) atoms. The number of aromatic nitrogens is 1. The normalized spacial score (nSPS) is 13.0. The van der Waals surface area contributed by atoms with Gasteiger partial charge in [-0.15, -0.1) is 0 Å². The molecule has 0 radical (unpaired) electrons. The minimum Gasteiger partial charge on any atom is -0.503 e. The molecule has 1 aliphatic heterocycles. The smallest absolute Gasteiger partial charge is 0.293 e. The summed E-state index contributed by atoms with van der Waals surface area (Å²) in [6.45, 7) is 0.638. The third-order valence-corrected chi connectivity index (χ3v) is 3.05. The molecule has 0 saturated carbocycles. The SMILES string of the molecule is O=c1c(O)ccc2n1CCc1ccccc1-2.